The lowest BCUT2D eigenvalue weighted by atomic mass is 10.1. The molecule has 8 nitrogen and oxygen atoms in total. The van der Waals surface area contributed by atoms with Crippen LogP contribution in [0.1, 0.15) is 34.8 Å². The number of ether oxygens (including phenoxy) is 1. The van der Waals surface area contributed by atoms with Crippen molar-refractivity contribution in [3.63, 3.8) is 0 Å². The molecule has 10 heteroatoms. The first-order valence-corrected chi connectivity index (χ1v) is 12.2. The number of fused-ring (bicyclic) bond motifs is 2. The Balaban J connectivity index is 1.45. The van der Waals surface area contributed by atoms with Gasteiger partial charge in [-0.2, -0.15) is 0 Å². The molecule has 1 aliphatic heterocycles. The van der Waals surface area contributed by atoms with Crippen molar-refractivity contribution in [2.45, 2.75) is 26.4 Å². The topological polar surface area (TPSA) is 87.4 Å². The predicted octanol–water partition coefficient (Wildman–Crippen LogP) is 4.68. The van der Waals surface area contributed by atoms with Gasteiger partial charge < -0.3 is 9.84 Å². The number of aliphatic hydroxyl groups is 1. The maximum absolute atomic E-state index is 13.4. The SMILES string of the molecule is Cc1sc2nc(C(=O)N3COc4ccc(C#CC(C)(C)O)cc4N(C)C3=O)cn2c1-c1ccc(F)cc1. The normalized spacial score (nSPS) is 13.6. The molecule has 3 heterocycles. The van der Waals surface area contributed by atoms with Crippen molar-refractivity contribution < 1.29 is 23.8 Å². The zero-order chi connectivity index (χ0) is 26.5. The second kappa shape index (κ2) is 9.03. The molecule has 0 spiro atoms. The maximum atomic E-state index is 13.4. The van der Waals surface area contributed by atoms with Crippen LogP contribution in [0.3, 0.4) is 0 Å². The van der Waals surface area contributed by atoms with E-state index in [0.29, 0.717) is 22.0 Å². The molecule has 1 N–H and O–H groups in total. The zero-order valence-electron chi connectivity index (χ0n) is 20.6. The molecule has 0 bridgehead atoms. The fourth-order valence-electron chi connectivity index (χ4n) is 3.97. The van der Waals surface area contributed by atoms with Crippen molar-refractivity contribution in [3.8, 4) is 28.8 Å². The number of thiazole rings is 1. The molecule has 0 saturated heterocycles. The number of hydrogen-bond acceptors (Lipinski definition) is 6. The van der Waals surface area contributed by atoms with E-state index in [9.17, 15) is 19.1 Å². The zero-order valence-corrected chi connectivity index (χ0v) is 21.4. The number of hydrogen-bond donors (Lipinski definition) is 1. The van der Waals surface area contributed by atoms with Gasteiger partial charge >= 0.3 is 6.03 Å². The number of halogens is 1. The van der Waals surface area contributed by atoms with E-state index >= 15 is 0 Å². The van der Waals surface area contributed by atoms with E-state index in [-0.39, 0.29) is 18.2 Å². The van der Waals surface area contributed by atoms with Gasteiger partial charge in [-0.05, 0) is 68.8 Å². The van der Waals surface area contributed by atoms with E-state index in [1.165, 1.54) is 28.4 Å². The second-order valence-electron chi connectivity index (χ2n) is 9.13. The third-order valence-electron chi connectivity index (χ3n) is 5.77. The molecule has 1 aliphatic rings. The van der Waals surface area contributed by atoms with Crippen LogP contribution in [-0.2, 0) is 0 Å². The number of urea groups is 1. The minimum absolute atomic E-state index is 0.0858. The van der Waals surface area contributed by atoms with E-state index < -0.39 is 17.5 Å². The van der Waals surface area contributed by atoms with E-state index in [2.05, 4.69) is 16.8 Å². The van der Waals surface area contributed by atoms with Crippen molar-refractivity contribution >= 4 is 33.9 Å². The molecule has 0 aliphatic carbocycles. The molecule has 2 aromatic carbocycles. The van der Waals surface area contributed by atoms with Crippen molar-refractivity contribution in [2.24, 2.45) is 0 Å². The van der Waals surface area contributed by atoms with Crippen LogP contribution in [0.15, 0.2) is 48.7 Å². The quantitative estimate of drug-likeness (QED) is 0.390. The summed E-state index contributed by atoms with van der Waals surface area (Å²) < 4.78 is 21.0. The third kappa shape index (κ3) is 4.67. The first-order valence-electron chi connectivity index (χ1n) is 11.4. The van der Waals surface area contributed by atoms with Crippen LogP contribution < -0.4 is 9.64 Å². The number of aromatic nitrogens is 2. The number of imidazole rings is 1. The van der Waals surface area contributed by atoms with Gasteiger partial charge in [0.2, 0.25) is 0 Å². The van der Waals surface area contributed by atoms with Gasteiger partial charge in [-0.3, -0.25) is 14.1 Å². The number of amides is 3. The molecule has 0 saturated carbocycles. The Kier molecular flexibility index (Phi) is 5.98. The number of carbonyl (C=O) groups is 2. The molecule has 37 heavy (non-hydrogen) atoms. The van der Waals surface area contributed by atoms with Crippen LogP contribution in [0, 0.1) is 24.6 Å². The van der Waals surface area contributed by atoms with Gasteiger partial charge in [-0.1, -0.05) is 11.8 Å². The molecule has 2 aromatic heterocycles. The summed E-state index contributed by atoms with van der Waals surface area (Å²) in [5.41, 5.74) is 1.54. The molecular formula is C27H23FN4O4S. The summed E-state index contributed by atoms with van der Waals surface area (Å²) in [6.07, 6.45) is 1.58. The summed E-state index contributed by atoms with van der Waals surface area (Å²) in [7, 11) is 1.55. The summed E-state index contributed by atoms with van der Waals surface area (Å²) in [6, 6.07) is 10.6. The van der Waals surface area contributed by atoms with Gasteiger partial charge in [0.05, 0.1) is 11.4 Å². The highest BCUT2D eigenvalue weighted by Gasteiger charge is 2.33. The average Bonchev–Trinajstić information content (AvgIpc) is 3.35. The minimum atomic E-state index is -1.17. The fourth-order valence-corrected chi connectivity index (χ4v) is 4.94. The molecule has 0 fully saturated rings. The first kappa shape index (κ1) is 24.5. The highest BCUT2D eigenvalue weighted by atomic mass is 32.1. The van der Waals surface area contributed by atoms with Gasteiger partial charge in [0.15, 0.2) is 11.7 Å². The molecule has 188 valence electrons. The van der Waals surface area contributed by atoms with E-state index in [1.807, 2.05) is 6.92 Å². The Bertz CT molecular complexity index is 1610. The van der Waals surface area contributed by atoms with Crippen molar-refractivity contribution in [1.82, 2.24) is 14.3 Å². The van der Waals surface area contributed by atoms with Crippen molar-refractivity contribution in [2.75, 3.05) is 18.7 Å². The lowest BCUT2D eigenvalue weighted by Gasteiger charge is -2.21. The third-order valence-corrected chi connectivity index (χ3v) is 6.74. The largest absolute Gasteiger partial charge is 0.470 e. The summed E-state index contributed by atoms with van der Waals surface area (Å²) >= 11 is 1.40. The van der Waals surface area contributed by atoms with Gasteiger partial charge in [0.25, 0.3) is 5.91 Å². The molecule has 4 aromatic rings. The van der Waals surface area contributed by atoms with Gasteiger partial charge in [0, 0.05) is 23.7 Å². The summed E-state index contributed by atoms with van der Waals surface area (Å²) in [6.45, 7) is 4.79. The Morgan fingerprint density at radius 2 is 1.95 bits per heavy atom. The highest BCUT2D eigenvalue weighted by molar-refractivity contribution is 7.17. The standard InChI is InChI=1S/C27H23FN4O4S/c1-16-23(18-6-8-19(28)9-7-18)31-14-20(29-25(31)37-16)24(33)32-15-36-22-10-5-17(11-12-27(2,3)35)13-21(22)30(4)26(32)34/h5-10,13-14,35H,15H2,1-4H3. The van der Waals surface area contributed by atoms with Gasteiger partial charge in [-0.15, -0.1) is 11.3 Å². The molecule has 0 radical (unpaired) electrons. The molecule has 0 unspecified atom stereocenters. The number of benzene rings is 2. The molecule has 0 atom stereocenters. The lowest BCUT2D eigenvalue weighted by molar-refractivity contribution is 0.0696. The Morgan fingerprint density at radius 1 is 1.22 bits per heavy atom. The fraction of sp³-hybridized carbons (Fsp3) is 0.222. The van der Waals surface area contributed by atoms with E-state index in [4.69, 9.17) is 4.74 Å². The average molecular weight is 519 g/mol. The second-order valence-corrected chi connectivity index (χ2v) is 10.3. The number of imide groups is 1. The summed E-state index contributed by atoms with van der Waals surface area (Å²) in [5.74, 6) is 5.09. The number of nitrogens with zero attached hydrogens (tertiary/aromatic N) is 4. The molecule has 5 rings (SSSR count). The number of aryl methyl sites for hydroxylation is 1. The predicted molar refractivity (Wildman–Crippen MR) is 138 cm³/mol. The van der Waals surface area contributed by atoms with E-state index in [1.54, 1.807) is 61.8 Å². The Hall–Kier alpha value is -4.20. The highest BCUT2D eigenvalue weighted by Crippen LogP contribution is 2.34. The molecular weight excluding hydrogens is 495 g/mol. The van der Waals surface area contributed by atoms with Crippen LogP contribution in [0.4, 0.5) is 14.9 Å². The van der Waals surface area contributed by atoms with Gasteiger partial charge in [0.1, 0.15) is 22.9 Å². The van der Waals surface area contributed by atoms with Crippen LogP contribution in [-0.4, -0.2) is 50.7 Å². The molecule has 3 amide bonds. The number of anilines is 1. The number of rotatable bonds is 2. The smallest absolute Gasteiger partial charge is 0.334 e. The van der Waals surface area contributed by atoms with Crippen molar-refractivity contribution in [1.29, 1.82) is 0 Å². The summed E-state index contributed by atoms with van der Waals surface area (Å²) in [5, 5.41) is 9.88. The summed E-state index contributed by atoms with van der Waals surface area (Å²) in [4.78, 5) is 35.0. The lowest BCUT2D eigenvalue weighted by Crippen LogP contribution is -2.45. The van der Waals surface area contributed by atoms with Crippen LogP contribution >= 0.6 is 11.3 Å². The maximum Gasteiger partial charge on any atom is 0.334 e. The van der Waals surface area contributed by atoms with Crippen LogP contribution in [0.5, 0.6) is 5.75 Å². The number of carbonyl (C=O) groups excluding carboxylic acids is 2. The minimum Gasteiger partial charge on any atom is -0.470 e. The monoisotopic (exact) mass is 518 g/mol. The first-order chi connectivity index (χ1) is 17.5. The Labute approximate surface area is 216 Å². The Morgan fingerprint density at radius 3 is 2.65 bits per heavy atom. The van der Waals surface area contributed by atoms with Crippen LogP contribution in [0.2, 0.25) is 0 Å². The van der Waals surface area contributed by atoms with Crippen molar-refractivity contribution in [3.05, 3.63) is 70.6 Å². The van der Waals surface area contributed by atoms with E-state index in [0.717, 1.165) is 21.0 Å². The van der Waals surface area contributed by atoms with Crippen LogP contribution in [0.25, 0.3) is 16.2 Å². The van der Waals surface area contributed by atoms with Gasteiger partial charge in [-0.25, -0.2) is 19.1 Å².